The summed E-state index contributed by atoms with van der Waals surface area (Å²) in [6.45, 7) is 0. The molecule has 1 aromatic carbocycles. The zero-order chi connectivity index (χ0) is 13.1. The number of hydrogen-bond acceptors (Lipinski definition) is 2. The van der Waals surface area contributed by atoms with Gasteiger partial charge in [0.1, 0.15) is 11.5 Å². The molecular weight excluding hydrogens is 319 g/mol. The van der Waals surface area contributed by atoms with Crippen LogP contribution in [0.1, 0.15) is 5.76 Å². The van der Waals surface area contributed by atoms with Gasteiger partial charge in [-0.25, -0.2) is 4.79 Å². The Labute approximate surface area is 117 Å². The van der Waals surface area contributed by atoms with Crippen LogP contribution in [0, 0.1) is 0 Å². The van der Waals surface area contributed by atoms with Gasteiger partial charge in [0.05, 0.1) is 9.50 Å². The molecule has 1 heterocycles. The average molecular weight is 328 g/mol. The molecule has 1 N–H and O–H groups in total. The van der Waals surface area contributed by atoms with Crippen molar-refractivity contribution in [3.8, 4) is 11.3 Å². The normalized spacial score (nSPS) is 11.0. The Morgan fingerprint density at radius 2 is 2.11 bits per heavy atom. The largest absolute Gasteiger partial charge is 0.478 e. The maximum Gasteiger partial charge on any atom is 0.328 e. The first kappa shape index (κ1) is 12.9. The maximum absolute atomic E-state index is 10.4. The Bertz CT molecular complexity index is 616. The highest BCUT2D eigenvalue weighted by atomic mass is 79.9. The fourth-order valence-electron chi connectivity index (χ4n) is 1.45. The fourth-order valence-corrected chi connectivity index (χ4v) is 2.19. The molecule has 0 fully saturated rings. The molecule has 5 heteroatoms. The quantitative estimate of drug-likeness (QED) is 0.847. The minimum absolute atomic E-state index is 0.444. The lowest BCUT2D eigenvalue weighted by Crippen LogP contribution is -1.84. The van der Waals surface area contributed by atoms with Crippen LogP contribution < -0.4 is 0 Å². The Balaban J connectivity index is 2.42. The van der Waals surface area contributed by atoms with E-state index in [0.717, 1.165) is 16.1 Å². The lowest BCUT2D eigenvalue weighted by Gasteiger charge is -2.00. The van der Waals surface area contributed by atoms with Crippen LogP contribution in [0.4, 0.5) is 0 Å². The summed E-state index contributed by atoms with van der Waals surface area (Å²) in [4.78, 5) is 10.4. The number of aliphatic carboxylic acids is 1. The van der Waals surface area contributed by atoms with E-state index >= 15 is 0 Å². The molecule has 0 unspecified atom stereocenters. The third kappa shape index (κ3) is 2.83. The summed E-state index contributed by atoms with van der Waals surface area (Å²) in [5, 5.41) is 9.12. The first-order valence-corrected chi connectivity index (χ1v) is 6.20. The number of carboxylic acid groups (broad SMARTS) is 1. The van der Waals surface area contributed by atoms with Crippen LogP contribution in [-0.4, -0.2) is 11.1 Å². The molecule has 0 radical (unpaired) electrons. The number of carbonyl (C=O) groups is 1. The van der Waals surface area contributed by atoms with Crippen molar-refractivity contribution in [2.75, 3.05) is 0 Å². The molecule has 0 atom stereocenters. The summed E-state index contributed by atoms with van der Waals surface area (Å²) in [5.74, 6) is -0.00773. The summed E-state index contributed by atoms with van der Waals surface area (Å²) in [6, 6.07) is 8.96. The standard InChI is InChI=1S/C13H8BrClO3/c14-10-7-8(5-6-12(16)17)18-13(10)9-3-1-2-4-11(9)15/h1-7H,(H,16,17)/b6-5+. The first-order valence-electron chi connectivity index (χ1n) is 5.03. The molecule has 2 rings (SSSR count). The number of rotatable bonds is 3. The van der Waals surface area contributed by atoms with E-state index in [2.05, 4.69) is 15.9 Å². The highest BCUT2D eigenvalue weighted by Gasteiger charge is 2.12. The number of benzene rings is 1. The molecule has 0 spiro atoms. The van der Waals surface area contributed by atoms with Gasteiger partial charge in [-0.15, -0.1) is 0 Å². The van der Waals surface area contributed by atoms with Crippen molar-refractivity contribution in [1.82, 2.24) is 0 Å². The van der Waals surface area contributed by atoms with Gasteiger partial charge in [-0.05, 0) is 40.2 Å². The molecule has 0 saturated heterocycles. The van der Waals surface area contributed by atoms with E-state index in [0.29, 0.717) is 16.5 Å². The number of furan rings is 1. The Kier molecular flexibility index (Phi) is 3.89. The molecule has 0 aliphatic rings. The summed E-state index contributed by atoms with van der Waals surface area (Å²) >= 11 is 9.44. The smallest absolute Gasteiger partial charge is 0.328 e. The van der Waals surface area contributed by atoms with Crippen molar-refractivity contribution in [3.05, 3.63) is 51.7 Å². The second-order valence-electron chi connectivity index (χ2n) is 3.48. The molecular formula is C13H8BrClO3. The number of carboxylic acids is 1. The highest BCUT2D eigenvalue weighted by molar-refractivity contribution is 9.10. The van der Waals surface area contributed by atoms with Gasteiger partial charge < -0.3 is 9.52 Å². The van der Waals surface area contributed by atoms with Crippen LogP contribution in [0.2, 0.25) is 5.02 Å². The van der Waals surface area contributed by atoms with Crippen molar-refractivity contribution in [2.45, 2.75) is 0 Å². The van der Waals surface area contributed by atoms with E-state index in [1.54, 1.807) is 12.1 Å². The number of hydrogen-bond donors (Lipinski definition) is 1. The van der Waals surface area contributed by atoms with Crippen molar-refractivity contribution in [1.29, 1.82) is 0 Å². The second kappa shape index (κ2) is 5.42. The summed E-state index contributed by atoms with van der Waals surface area (Å²) < 4.78 is 6.27. The zero-order valence-corrected chi connectivity index (χ0v) is 11.4. The summed E-state index contributed by atoms with van der Waals surface area (Å²) in [7, 11) is 0. The van der Waals surface area contributed by atoms with E-state index in [1.165, 1.54) is 6.08 Å². The Morgan fingerprint density at radius 3 is 2.78 bits per heavy atom. The first-order chi connectivity index (χ1) is 8.58. The molecule has 0 saturated carbocycles. The van der Waals surface area contributed by atoms with E-state index in [4.69, 9.17) is 21.1 Å². The fraction of sp³-hybridized carbons (Fsp3) is 0. The van der Waals surface area contributed by atoms with Crippen molar-refractivity contribution in [3.63, 3.8) is 0 Å². The zero-order valence-electron chi connectivity index (χ0n) is 9.06. The van der Waals surface area contributed by atoms with E-state index in [9.17, 15) is 4.79 Å². The van der Waals surface area contributed by atoms with Crippen LogP contribution in [0.25, 0.3) is 17.4 Å². The maximum atomic E-state index is 10.4. The molecule has 1 aromatic heterocycles. The van der Waals surface area contributed by atoms with E-state index in [-0.39, 0.29) is 0 Å². The van der Waals surface area contributed by atoms with Gasteiger partial charge in [-0.2, -0.15) is 0 Å². The predicted molar refractivity (Wildman–Crippen MR) is 73.5 cm³/mol. The lowest BCUT2D eigenvalue weighted by molar-refractivity contribution is -0.131. The minimum Gasteiger partial charge on any atom is -0.478 e. The van der Waals surface area contributed by atoms with Crippen LogP contribution >= 0.6 is 27.5 Å². The monoisotopic (exact) mass is 326 g/mol. The molecule has 0 amide bonds. The van der Waals surface area contributed by atoms with Gasteiger partial charge in [0, 0.05) is 11.6 Å². The Morgan fingerprint density at radius 1 is 1.39 bits per heavy atom. The van der Waals surface area contributed by atoms with Crippen LogP contribution in [0.3, 0.4) is 0 Å². The van der Waals surface area contributed by atoms with Gasteiger partial charge in [0.25, 0.3) is 0 Å². The SMILES string of the molecule is O=C(O)/C=C/c1cc(Br)c(-c2ccccc2Cl)o1. The molecule has 0 aliphatic carbocycles. The van der Waals surface area contributed by atoms with E-state index < -0.39 is 5.97 Å². The van der Waals surface area contributed by atoms with Gasteiger partial charge >= 0.3 is 5.97 Å². The molecule has 2 aromatic rings. The van der Waals surface area contributed by atoms with Gasteiger partial charge in [0.15, 0.2) is 0 Å². The lowest BCUT2D eigenvalue weighted by atomic mass is 10.2. The molecule has 0 aliphatic heterocycles. The topological polar surface area (TPSA) is 50.4 Å². The van der Waals surface area contributed by atoms with Gasteiger partial charge in [0.2, 0.25) is 0 Å². The molecule has 3 nitrogen and oxygen atoms in total. The van der Waals surface area contributed by atoms with Gasteiger partial charge in [-0.1, -0.05) is 23.7 Å². The van der Waals surface area contributed by atoms with Crippen LogP contribution in [-0.2, 0) is 4.79 Å². The minimum atomic E-state index is -1.03. The third-order valence-corrected chi connectivity index (χ3v) is 3.13. The molecule has 0 bridgehead atoms. The van der Waals surface area contributed by atoms with Gasteiger partial charge in [-0.3, -0.25) is 0 Å². The molecule has 18 heavy (non-hydrogen) atoms. The van der Waals surface area contributed by atoms with Crippen molar-refractivity contribution in [2.24, 2.45) is 0 Å². The van der Waals surface area contributed by atoms with Crippen LogP contribution in [0.5, 0.6) is 0 Å². The Hall–Kier alpha value is -1.52. The average Bonchev–Trinajstić information content (AvgIpc) is 2.69. The summed E-state index contributed by atoms with van der Waals surface area (Å²) in [5.41, 5.74) is 0.751. The van der Waals surface area contributed by atoms with Crippen LogP contribution in [0.15, 0.2) is 45.3 Å². The number of halogens is 2. The van der Waals surface area contributed by atoms with Crippen molar-refractivity contribution < 1.29 is 14.3 Å². The second-order valence-corrected chi connectivity index (χ2v) is 4.74. The van der Waals surface area contributed by atoms with Crippen molar-refractivity contribution >= 4 is 39.6 Å². The third-order valence-electron chi connectivity index (χ3n) is 2.21. The van der Waals surface area contributed by atoms with E-state index in [1.807, 2.05) is 18.2 Å². The predicted octanol–water partition coefficient (Wildman–Crippen LogP) is 4.46. The highest BCUT2D eigenvalue weighted by Crippen LogP contribution is 2.35. The summed E-state index contributed by atoms with van der Waals surface area (Å²) in [6.07, 6.45) is 2.40. The molecule has 92 valence electrons.